The zero-order valence-electron chi connectivity index (χ0n) is 32.6. The van der Waals surface area contributed by atoms with E-state index in [1.807, 2.05) is 18.5 Å². The number of nitrogens with zero attached hydrogens (tertiary/aromatic N) is 3. The molecule has 49 heavy (non-hydrogen) atoms. The fourth-order valence-electron chi connectivity index (χ4n) is 6.80. The van der Waals surface area contributed by atoms with E-state index in [-0.39, 0.29) is 23.1 Å². The van der Waals surface area contributed by atoms with Gasteiger partial charge in [-0.2, -0.15) is 0 Å². The number of rotatable bonds is 22. The Labute approximate surface area is 296 Å². The van der Waals surface area contributed by atoms with E-state index in [9.17, 15) is 19.2 Å². The van der Waals surface area contributed by atoms with Gasteiger partial charge in [-0.3, -0.25) is 0 Å². The minimum atomic E-state index is -3.88. The Hall–Kier alpha value is -2.14. The van der Waals surface area contributed by atoms with Gasteiger partial charge >= 0.3 is 297 Å². The third-order valence-corrected chi connectivity index (χ3v) is 21.4. The molecular formula is C36H66N3O8PSi. The normalized spacial score (nSPS) is 18.4. The molecule has 2 heterocycles. The van der Waals surface area contributed by atoms with E-state index in [4.69, 9.17) is 18.4 Å². The predicted octanol–water partition coefficient (Wildman–Crippen LogP) is 7.54. The van der Waals surface area contributed by atoms with Crippen LogP contribution >= 0.6 is 6.98 Å². The van der Waals surface area contributed by atoms with E-state index in [2.05, 4.69) is 59.7 Å². The van der Waals surface area contributed by atoms with Crippen molar-refractivity contribution in [2.24, 2.45) is 5.92 Å². The van der Waals surface area contributed by atoms with Crippen LogP contribution in [0.2, 0.25) is 18.1 Å². The molecule has 13 heteroatoms. The van der Waals surface area contributed by atoms with E-state index in [0.717, 1.165) is 44.2 Å². The summed E-state index contributed by atoms with van der Waals surface area (Å²) >= 11 is 0. The van der Waals surface area contributed by atoms with Gasteiger partial charge in [0.25, 0.3) is 0 Å². The molecule has 1 aliphatic rings. The summed E-state index contributed by atoms with van der Waals surface area (Å²) in [6.07, 6.45) is 5.98. The number of hydrogen-bond acceptors (Lipinski definition) is 9. The third kappa shape index (κ3) is 10.2. The van der Waals surface area contributed by atoms with Crippen LogP contribution in [0.1, 0.15) is 117 Å². The molecule has 0 radical (unpaired) electrons. The van der Waals surface area contributed by atoms with Gasteiger partial charge in [0.05, 0.1) is 0 Å². The maximum absolute atomic E-state index is 14.9. The molecule has 0 spiro atoms. The standard InChI is InChI=1S/C36H66N3O8PSi/c1-13-16-21-48(22-17-14-2,23-18-15-3,46-33(42)26-45-29(6)40)39-31(25-32(41)30-24-27(4)38(37-30)19-20-44-10)34(35(39)43)28(5)47-49(11,12)36(7,8)9/h24,28,31,34H,13-23,25-26H2,1-12H3/t28-,31-,34-/m1/s1. The van der Waals surface area contributed by atoms with Crippen LogP contribution in [0, 0.1) is 12.8 Å². The Morgan fingerprint density at radius 3 is 2.04 bits per heavy atom. The number of β-lactam (4-membered cyclic amide) rings is 1. The molecule has 1 aliphatic heterocycles. The van der Waals surface area contributed by atoms with Crippen molar-refractivity contribution < 1.29 is 37.6 Å². The Morgan fingerprint density at radius 1 is 1.02 bits per heavy atom. The molecule has 282 valence electrons. The Kier molecular flexibility index (Phi) is 15.7. The molecule has 11 nitrogen and oxygen atoms in total. The molecule has 1 aromatic rings. The van der Waals surface area contributed by atoms with E-state index in [1.165, 1.54) is 6.92 Å². The van der Waals surface area contributed by atoms with Gasteiger partial charge in [0.1, 0.15) is 0 Å². The summed E-state index contributed by atoms with van der Waals surface area (Å²) in [5.74, 6) is -2.10. The molecule has 0 bridgehead atoms. The van der Waals surface area contributed by atoms with E-state index < -0.39 is 51.9 Å². The van der Waals surface area contributed by atoms with Gasteiger partial charge in [0.15, 0.2) is 0 Å². The molecule has 0 unspecified atom stereocenters. The van der Waals surface area contributed by atoms with Crippen LogP contribution in [0.3, 0.4) is 0 Å². The van der Waals surface area contributed by atoms with E-state index >= 15 is 0 Å². The summed E-state index contributed by atoms with van der Waals surface area (Å²) in [5, 5.41) is 4.54. The number of unbranched alkanes of at least 4 members (excludes halogenated alkanes) is 3. The number of hydrogen-bond donors (Lipinski definition) is 0. The topological polar surface area (TPSA) is 126 Å². The van der Waals surface area contributed by atoms with Gasteiger partial charge in [-0.15, -0.1) is 0 Å². The fourth-order valence-corrected chi connectivity index (χ4v) is 15.2. The number of amides is 1. The van der Waals surface area contributed by atoms with Crippen LogP contribution in [0.4, 0.5) is 0 Å². The van der Waals surface area contributed by atoms with Crippen LogP contribution in [-0.2, 0) is 39.4 Å². The molecular weight excluding hydrogens is 661 g/mol. The number of Topliss-reactive ketones (excluding diaryl/α,β-unsaturated/α-hetero) is 1. The molecule has 1 saturated heterocycles. The number of ketones is 1. The molecule has 1 aromatic heterocycles. The number of aromatic nitrogens is 2. The average molecular weight is 728 g/mol. The van der Waals surface area contributed by atoms with E-state index in [0.29, 0.717) is 37.3 Å². The molecule has 1 fully saturated rings. The molecule has 0 aliphatic carbocycles. The third-order valence-electron chi connectivity index (χ3n) is 10.5. The van der Waals surface area contributed by atoms with Crippen molar-refractivity contribution in [3.05, 3.63) is 17.5 Å². The zero-order chi connectivity index (χ0) is 37.2. The first-order valence-electron chi connectivity index (χ1n) is 18.3. The van der Waals surface area contributed by atoms with Gasteiger partial charge < -0.3 is 0 Å². The van der Waals surface area contributed by atoms with Crippen molar-refractivity contribution in [1.29, 1.82) is 0 Å². The zero-order valence-corrected chi connectivity index (χ0v) is 34.5. The van der Waals surface area contributed by atoms with Gasteiger partial charge in [-0.1, -0.05) is 0 Å². The molecule has 0 saturated carbocycles. The second kappa shape index (κ2) is 17.9. The number of carbonyl (C=O) groups is 4. The number of aryl methyl sites for hydroxylation is 1. The van der Waals surface area contributed by atoms with Gasteiger partial charge in [-0.05, 0) is 0 Å². The van der Waals surface area contributed by atoms with Gasteiger partial charge in [-0.25, -0.2) is 0 Å². The van der Waals surface area contributed by atoms with Crippen LogP contribution in [0.5, 0.6) is 0 Å². The van der Waals surface area contributed by atoms with Crippen molar-refractivity contribution in [2.45, 2.75) is 144 Å². The quantitative estimate of drug-likeness (QED) is 0.0392. The molecule has 0 N–H and O–H groups in total. The second-order valence-electron chi connectivity index (χ2n) is 15.4. The van der Waals surface area contributed by atoms with Crippen LogP contribution in [0.15, 0.2) is 6.07 Å². The summed E-state index contributed by atoms with van der Waals surface area (Å²) in [7, 11) is -0.671. The summed E-state index contributed by atoms with van der Waals surface area (Å²) in [4.78, 5) is 54.5. The first-order chi connectivity index (χ1) is 22.8. The first kappa shape index (κ1) is 43.0. The molecule has 0 aromatic carbocycles. The summed E-state index contributed by atoms with van der Waals surface area (Å²) in [6.45, 7) is 18.8. The molecule has 2 rings (SSSR count). The van der Waals surface area contributed by atoms with Crippen LogP contribution < -0.4 is 0 Å². The monoisotopic (exact) mass is 727 g/mol. The molecule has 3 atom stereocenters. The number of methoxy groups -OCH3 is 1. The number of carbonyl (C=O) groups excluding carboxylic acids is 4. The first-order valence-corrected chi connectivity index (χ1v) is 23.8. The van der Waals surface area contributed by atoms with Crippen LogP contribution in [-0.4, -0.2) is 97.4 Å². The van der Waals surface area contributed by atoms with Gasteiger partial charge in [0.2, 0.25) is 0 Å². The fraction of sp³-hybridized carbons (Fsp3) is 0.806. The summed E-state index contributed by atoms with van der Waals surface area (Å²) < 4.78 is 27.6. The van der Waals surface area contributed by atoms with Crippen molar-refractivity contribution in [1.82, 2.24) is 14.5 Å². The summed E-state index contributed by atoms with van der Waals surface area (Å²) in [6, 6.07) is 1.24. The number of ether oxygens (including phenoxy) is 2. The maximum atomic E-state index is 14.9. The average Bonchev–Trinajstić information content (AvgIpc) is 3.39. The van der Waals surface area contributed by atoms with Gasteiger partial charge in [0, 0.05) is 0 Å². The van der Waals surface area contributed by atoms with Crippen molar-refractivity contribution in [3.63, 3.8) is 0 Å². The Bertz CT molecular complexity index is 1270. The Morgan fingerprint density at radius 2 is 1.57 bits per heavy atom. The van der Waals surface area contributed by atoms with Crippen molar-refractivity contribution >= 4 is 38.9 Å². The number of esters is 1. The minimum absolute atomic E-state index is 0.0338. The SMILES string of the molecule is CCCCP(CCCC)(CCCC)(OC(=O)COC(C)=O)N1C(=O)[C@H]([C@@H](C)O[Si](C)(C)C(C)(C)C)[C@H]1CC(=O)c1cc(C)n(CCOC)n1. The van der Waals surface area contributed by atoms with E-state index in [1.54, 1.807) is 17.9 Å². The van der Waals surface area contributed by atoms with Crippen LogP contribution in [0.25, 0.3) is 0 Å². The van der Waals surface area contributed by atoms with Crippen molar-refractivity contribution in [3.8, 4) is 0 Å². The summed E-state index contributed by atoms with van der Waals surface area (Å²) in [5.41, 5.74) is 1.19. The second-order valence-corrected chi connectivity index (χ2v) is 25.3. The van der Waals surface area contributed by atoms with Crippen molar-refractivity contribution in [2.75, 3.05) is 38.8 Å². The molecule has 1 amide bonds. The Balaban J connectivity index is 2.79. The predicted molar refractivity (Wildman–Crippen MR) is 199 cm³/mol.